The lowest BCUT2D eigenvalue weighted by Gasteiger charge is -2.25. The molecule has 0 spiro atoms. The number of nitrogens with two attached hydrogens (primary N) is 1. The molecule has 74 valence electrons. The molecule has 1 atom stereocenters. The van der Waals surface area contributed by atoms with Crippen LogP contribution >= 0.6 is 12.2 Å². The van der Waals surface area contributed by atoms with Crippen LogP contribution in [0.4, 0.5) is 0 Å². The predicted molar refractivity (Wildman–Crippen MR) is 56.3 cm³/mol. The highest BCUT2D eigenvalue weighted by molar-refractivity contribution is 7.80. The molecule has 0 aromatic heterocycles. The fourth-order valence-electron chi connectivity index (χ4n) is 1.02. The van der Waals surface area contributed by atoms with Gasteiger partial charge in [0.2, 0.25) is 5.91 Å². The van der Waals surface area contributed by atoms with E-state index in [1.54, 1.807) is 6.92 Å². The third-order valence-corrected chi connectivity index (χ3v) is 3.12. The highest BCUT2D eigenvalue weighted by Crippen LogP contribution is 2.25. The van der Waals surface area contributed by atoms with E-state index in [1.807, 2.05) is 6.92 Å². The number of carbonyl (C=O) groups excluding carboxylic acids is 1. The van der Waals surface area contributed by atoms with E-state index < -0.39 is 5.41 Å². The smallest absolute Gasteiger partial charge is 0.232 e. The minimum absolute atomic E-state index is 0.0231. The van der Waals surface area contributed by atoms with E-state index >= 15 is 0 Å². The van der Waals surface area contributed by atoms with Crippen LogP contribution in [-0.2, 0) is 4.79 Å². The summed E-state index contributed by atoms with van der Waals surface area (Å²) in [5.41, 5.74) is 4.88. The van der Waals surface area contributed by atoms with Crippen molar-refractivity contribution in [3.63, 3.8) is 0 Å². The zero-order valence-corrected chi connectivity index (χ0v) is 8.91. The van der Waals surface area contributed by atoms with E-state index in [4.69, 9.17) is 18.0 Å². The minimum Gasteiger partial charge on any atom is -0.392 e. The minimum atomic E-state index is -0.669. The molecule has 1 rings (SSSR count). The number of thiocarbonyl (C=S) groups is 1. The molecule has 0 aromatic rings. The van der Waals surface area contributed by atoms with Crippen LogP contribution in [0, 0.1) is 5.41 Å². The molecule has 0 bridgehead atoms. The molecular weight excluding hydrogens is 184 g/mol. The van der Waals surface area contributed by atoms with Crippen molar-refractivity contribution < 1.29 is 4.79 Å². The van der Waals surface area contributed by atoms with Crippen molar-refractivity contribution in [2.75, 3.05) is 0 Å². The molecule has 1 amide bonds. The van der Waals surface area contributed by atoms with Crippen LogP contribution < -0.4 is 11.1 Å². The van der Waals surface area contributed by atoms with Gasteiger partial charge in [0, 0.05) is 6.04 Å². The van der Waals surface area contributed by atoms with Crippen molar-refractivity contribution in [2.45, 2.75) is 39.2 Å². The summed E-state index contributed by atoms with van der Waals surface area (Å²) in [5.74, 6) is -0.0231. The summed E-state index contributed by atoms with van der Waals surface area (Å²) >= 11 is 4.90. The zero-order chi connectivity index (χ0) is 10.1. The van der Waals surface area contributed by atoms with Crippen molar-refractivity contribution >= 4 is 23.1 Å². The van der Waals surface area contributed by atoms with Crippen molar-refractivity contribution in [1.82, 2.24) is 5.32 Å². The Morgan fingerprint density at radius 2 is 2.23 bits per heavy atom. The average Bonchev–Trinajstić information content (AvgIpc) is 2.86. The molecule has 0 aliphatic heterocycles. The average molecular weight is 200 g/mol. The first-order valence-electron chi connectivity index (χ1n) is 4.61. The Morgan fingerprint density at radius 3 is 2.54 bits per heavy atom. The Morgan fingerprint density at radius 1 is 1.69 bits per heavy atom. The Labute approximate surface area is 84.1 Å². The van der Waals surface area contributed by atoms with Gasteiger partial charge >= 0.3 is 0 Å². The highest BCUT2D eigenvalue weighted by Gasteiger charge is 2.37. The number of hydrogen-bond acceptors (Lipinski definition) is 2. The Kier molecular flexibility index (Phi) is 2.91. The fourth-order valence-corrected chi connectivity index (χ4v) is 1.26. The molecule has 1 fully saturated rings. The Bertz CT molecular complexity index is 238. The van der Waals surface area contributed by atoms with E-state index in [1.165, 1.54) is 0 Å². The van der Waals surface area contributed by atoms with Gasteiger partial charge in [-0.25, -0.2) is 0 Å². The first-order valence-corrected chi connectivity index (χ1v) is 5.02. The third-order valence-electron chi connectivity index (χ3n) is 2.66. The highest BCUT2D eigenvalue weighted by atomic mass is 32.1. The fraction of sp³-hybridized carbons (Fsp3) is 0.778. The van der Waals surface area contributed by atoms with E-state index in [-0.39, 0.29) is 10.9 Å². The molecule has 1 saturated carbocycles. The number of nitrogens with one attached hydrogen (secondary N) is 1. The second kappa shape index (κ2) is 3.62. The van der Waals surface area contributed by atoms with Gasteiger partial charge in [-0.2, -0.15) is 0 Å². The molecule has 0 saturated heterocycles. The van der Waals surface area contributed by atoms with Crippen molar-refractivity contribution in [3.05, 3.63) is 0 Å². The summed E-state index contributed by atoms with van der Waals surface area (Å²) in [7, 11) is 0. The lowest BCUT2D eigenvalue weighted by atomic mass is 9.86. The molecule has 1 unspecified atom stereocenters. The Hall–Kier alpha value is -0.640. The topological polar surface area (TPSA) is 55.1 Å². The second-order valence-corrected chi connectivity index (χ2v) is 4.24. The van der Waals surface area contributed by atoms with Crippen LogP contribution in [0.25, 0.3) is 0 Å². The van der Waals surface area contributed by atoms with Gasteiger partial charge in [-0.05, 0) is 26.2 Å². The summed E-state index contributed by atoms with van der Waals surface area (Å²) in [6.07, 6.45) is 2.83. The normalized spacial score (nSPS) is 20.5. The lowest BCUT2D eigenvalue weighted by Crippen LogP contribution is -2.47. The van der Waals surface area contributed by atoms with Crippen LogP contribution in [0.5, 0.6) is 0 Å². The van der Waals surface area contributed by atoms with Crippen LogP contribution in [-0.4, -0.2) is 16.9 Å². The van der Waals surface area contributed by atoms with E-state index in [2.05, 4.69) is 5.32 Å². The van der Waals surface area contributed by atoms with Crippen LogP contribution in [0.15, 0.2) is 0 Å². The lowest BCUT2D eigenvalue weighted by molar-refractivity contribution is -0.127. The molecule has 0 aromatic carbocycles. The monoisotopic (exact) mass is 200 g/mol. The van der Waals surface area contributed by atoms with Gasteiger partial charge in [0.25, 0.3) is 0 Å². The summed E-state index contributed by atoms with van der Waals surface area (Å²) in [6.45, 7) is 3.72. The SMILES string of the molecule is CCC(C)(C(=O)NC1CC1)C(N)=S. The van der Waals surface area contributed by atoms with Gasteiger partial charge in [-0.3, -0.25) is 4.79 Å². The molecule has 0 heterocycles. The predicted octanol–water partition coefficient (Wildman–Crippen LogP) is 0.967. The molecular formula is C9H16N2OS. The van der Waals surface area contributed by atoms with Crippen LogP contribution in [0.1, 0.15) is 33.1 Å². The molecule has 13 heavy (non-hydrogen) atoms. The third kappa shape index (κ3) is 2.18. The molecule has 1 aliphatic carbocycles. The summed E-state index contributed by atoms with van der Waals surface area (Å²) in [4.78, 5) is 12.0. The standard InChI is InChI=1S/C9H16N2OS/c1-3-9(2,7(10)13)8(12)11-6-4-5-6/h6H,3-5H2,1-2H3,(H2,10,13)(H,11,12). The van der Waals surface area contributed by atoms with Gasteiger partial charge in [0.05, 0.1) is 10.4 Å². The summed E-state index contributed by atoms with van der Waals surface area (Å²) in [5, 5.41) is 2.92. The number of rotatable bonds is 4. The summed E-state index contributed by atoms with van der Waals surface area (Å²) < 4.78 is 0. The van der Waals surface area contributed by atoms with E-state index in [9.17, 15) is 4.79 Å². The number of amides is 1. The van der Waals surface area contributed by atoms with Crippen LogP contribution in [0.2, 0.25) is 0 Å². The largest absolute Gasteiger partial charge is 0.392 e. The Balaban J connectivity index is 2.62. The maximum absolute atomic E-state index is 11.7. The quantitative estimate of drug-likeness (QED) is 0.665. The molecule has 3 nitrogen and oxygen atoms in total. The maximum Gasteiger partial charge on any atom is 0.232 e. The first kappa shape index (κ1) is 10.4. The number of hydrogen-bond donors (Lipinski definition) is 2. The van der Waals surface area contributed by atoms with Crippen molar-refractivity contribution in [2.24, 2.45) is 11.1 Å². The zero-order valence-electron chi connectivity index (χ0n) is 8.09. The van der Waals surface area contributed by atoms with Crippen molar-refractivity contribution in [1.29, 1.82) is 0 Å². The molecule has 3 N–H and O–H groups in total. The van der Waals surface area contributed by atoms with Crippen LogP contribution in [0.3, 0.4) is 0 Å². The van der Waals surface area contributed by atoms with Gasteiger partial charge in [0.1, 0.15) is 0 Å². The van der Waals surface area contributed by atoms with Gasteiger partial charge in [-0.1, -0.05) is 19.1 Å². The first-order chi connectivity index (χ1) is 6.00. The van der Waals surface area contributed by atoms with Gasteiger partial charge in [0.15, 0.2) is 0 Å². The molecule has 1 aliphatic rings. The number of carbonyl (C=O) groups is 1. The molecule has 0 radical (unpaired) electrons. The van der Waals surface area contributed by atoms with Gasteiger partial charge in [-0.15, -0.1) is 0 Å². The van der Waals surface area contributed by atoms with E-state index in [0.717, 1.165) is 12.8 Å². The van der Waals surface area contributed by atoms with Crippen molar-refractivity contribution in [3.8, 4) is 0 Å². The second-order valence-electron chi connectivity index (χ2n) is 3.80. The summed E-state index contributed by atoms with van der Waals surface area (Å²) in [6, 6.07) is 0.368. The van der Waals surface area contributed by atoms with Gasteiger partial charge < -0.3 is 11.1 Å². The molecule has 4 heteroatoms. The van der Waals surface area contributed by atoms with E-state index in [0.29, 0.717) is 12.5 Å². The maximum atomic E-state index is 11.7.